The molecule has 1 fully saturated rings. The lowest BCUT2D eigenvalue weighted by Crippen LogP contribution is -2.24. The van der Waals surface area contributed by atoms with Crippen LogP contribution >= 0.6 is 0 Å². The first-order valence-corrected chi connectivity index (χ1v) is 5.80. The third-order valence-electron chi connectivity index (χ3n) is 2.77. The Kier molecular flexibility index (Phi) is 2.67. The smallest absolute Gasteiger partial charge is 0.340 e. The number of fused-ring (bicyclic) bond motifs is 1. The van der Waals surface area contributed by atoms with Gasteiger partial charge in [-0.05, 0) is 35.5 Å². The number of ether oxygens (including phenoxy) is 1. The molecule has 2 aromatic heterocycles. The van der Waals surface area contributed by atoms with Crippen LogP contribution in [-0.2, 0) is 9.53 Å². The third-order valence-corrected chi connectivity index (χ3v) is 2.77. The quantitative estimate of drug-likeness (QED) is 0.719. The fourth-order valence-corrected chi connectivity index (χ4v) is 1.78. The molecule has 0 aliphatic heterocycles. The maximum absolute atomic E-state index is 11.8. The van der Waals surface area contributed by atoms with E-state index in [0.29, 0.717) is 24.2 Å². The SMILES string of the molecule is CCOC1CC1C(=O)On1nnc2cccnc21. The van der Waals surface area contributed by atoms with Crippen molar-refractivity contribution < 1.29 is 14.4 Å². The second kappa shape index (κ2) is 4.34. The molecule has 0 spiro atoms. The maximum atomic E-state index is 11.8. The Morgan fingerprint density at radius 3 is 3.33 bits per heavy atom. The van der Waals surface area contributed by atoms with Gasteiger partial charge in [0.15, 0.2) is 0 Å². The largest absolute Gasteiger partial charge is 0.378 e. The number of nitrogens with zero attached hydrogens (tertiary/aromatic N) is 4. The Bertz CT molecular complexity index is 582. The van der Waals surface area contributed by atoms with Gasteiger partial charge in [0, 0.05) is 12.8 Å². The minimum atomic E-state index is -0.356. The average molecular weight is 248 g/mol. The Labute approximate surface area is 103 Å². The van der Waals surface area contributed by atoms with E-state index in [4.69, 9.17) is 9.57 Å². The third kappa shape index (κ3) is 1.92. The minimum absolute atomic E-state index is 0.0229. The van der Waals surface area contributed by atoms with Gasteiger partial charge in [-0.3, -0.25) is 0 Å². The molecule has 0 aromatic carbocycles. The number of hydrogen-bond donors (Lipinski definition) is 0. The molecule has 2 aromatic rings. The highest BCUT2D eigenvalue weighted by molar-refractivity contribution is 5.77. The lowest BCUT2D eigenvalue weighted by molar-refractivity contribution is -0.148. The molecule has 0 saturated heterocycles. The van der Waals surface area contributed by atoms with E-state index >= 15 is 0 Å². The summed E-state index contributed by atoms with van der Waals surface area (Å²) in [5.41, 5.74) is 1.02. The van der Waals surface area contributed by atoms with Gasteiger partial charge in [0.2, 0.25) is 5.65 Å². The van der Waals surface area contributed by atoms with Crippen molar-refractivity contribution in [3.8, 4) is 0 Å². The van der Waals surface area contributed by atoms with Crippen molar-refractivity contribution in [2.24, 2.45) is 5.92 Å². The summed E-state index contributed by atoms with van der Waals surface area (Å²) in [6, 6.07) is 3.50. The highest BCUT2D eigenvalue weighted by Gasteiger charge is 2.46. The molecule has 18 heavy (non-hydrogen) atoms. The van der Waals surface area contributed by atoms with Crippen LogP contribution in [0.4, 0.5) is 0 Å². The van der Waals surface area contributed by atoms with Crippen LogP contribution in [0.2, 0.25) is 0 Å². The molecule has 1 aliphatic rings. The molecule has 7 nitrogen and oxygen atoms in total. The van der Waals surface area contributed by atoms with Gasteiger partial charge in [-0.1, -0.05) is 0 Å². The van der Waals surface area contributed by atoms with Crippen LogP contribution in [0.15, 0.2) is 18.3 Å². The first kappa shape index (κ1) is 11.1. The van der Waals surface area contributed by atoms with Gasteiger partial charge in [0.1, 0.15) is 5.52 Å². The molecule has 2 heterocycles. The molecule has 1 saturated carbocycles. The standard InChI is InChI=1S/C11H12N4O3/c1-2-17-9-6-7(9)11(16)18-15-10-8(13-14-15)4-3-5-12-10/h3-5,7,9H,2,6H2,1H3. The first-order valence-electron chi connectivity index (χ1n) is 5.80. The van der Waals surface area contributed by atoms with Gasteiger partial charge < -0.3 is 9.57 Å². The molecule has 0 radical (unpaired) electrons. The molecular formula is C11H12N4O3. The van der Waals surface area contributed by atoms with Crippen molar-refractivity contribution in [1.82, 2.24) is 20.1 Å². The molecule has 3 rings (SSSR count). The van der Waals surface area contributed by atoms with Crippen LogP contribution in [-0.4, -0.2) is 38.8 Å². The van der Waals surface area contributed by atoms with E-state index in [1.54, 1.807) is 18.3 Å². The number of hydrogen-bond acceptors (Lipinski definition) is 6. The van der Waals surface area contributed by atoms with Crippen LogP contribution in [0, 0.1) is 5.92 Å². The number of pyridine rings is 1. The van der Waals surface area contributed by atoms with Gasteiger partial charge in [0.05, 0.1) is 12.0 Å². The zero-order valence-electron chi connectivity index (χ0n) is 9.81. The van der Waals surface area contributed by atoms with E-state index in [-0.39, 0.29) is 18.0 Å². The second-order valence-corrected chi connectivity index (χ2v) is 4.05. The van der Waals surface area contributed by atoms with Crippen LogP contribution in [0.3, 0.4) is 0 Å². The Morgan fingerprint density at radius 1 is 1.61 bits per heavy atom. The fourth-order valence-electron chi connectivity index (χ4n) is 1.78. The summed E-state index contributed by atoms with van der Waals surface area (Å²) in [5.74, 6) is -0.557. The van der Waals surface area contributed by atoms with E-state index in [0.717, 1.165) is 4.85 Å². The van der Waals surface area contributed by atoms with Crippen LogP contribution in [0.1, 0.15) is 13.3 Å². The summed E-state index contributed by atoms with van der Waals surface area (Å²) in [7, 11) is 0. The monoisotopic (exact) mass is 248 g/mol. The number of aromatic nitrogens is 4. The molecule has 0 bridgehead atoms. The summed E-state index contributed by atoms with van der Waals surface area (Å²) < 4.78 is 5.33. The predicted octanol–water partition coefficient (Wildman–Crippen LogP) is 0.206. The fraction of sp³-hybridized carbons (Fsp3) is 0.455. The van der Waals surface area contributed by atoms with Crippen LogP contribution < -0.4 is 4.84 Å². The zero-order chi connectivity index (χ0) is 12.5. The van der Waals surface area contributed by atoms with Crippen molar-refractivity contribution in [3.63, 3.8) is 0 Å². The van der Waals surface area contributed by atoms with Gasteiger partial charge in [-0.2, -0.15) is 0 Å². The molecule has 0 amide bonds. The molecule has 94 valence electrons. The summed E-state index contributed by atoms with van der Waals surface area (Å²) in [6.45, 7) is 2.50. The number of carbonyl (C=O) groups is 1. The Morgan fingerprint density at radius 2 is 2.50 bits per heavy atom. The van der Waals surface area contributed by atoms with Gasteiger partial charge in [0.25, 0.3) is 0 Å². The second-order valence-electron chi connectivity index (χ2n) is 4.05. The maximum Gasteiger partial charge on any atom is 0.340 e. The lowest BCUT2D eigenvalue weighted by atomic mass is 10.4. The van der Waals surface area contributed by atoms with Gasteiger partial charge in [-0.25, -0.2) is 9.78 Å². The number of rotatable bonds is 4. The Balaban J connectivity index is 1.71. The predicted molar refractivity (Wildman–Crippen MR) is 60.4 cm³/mol. The first-order chi connectivity index (χ1) is 8.79. The topological polar surface area (TPSA) is 79.1 Å². The highest BCUT2D eigenvalue weighted by atomic mass is 16.7. The molecule has 2 unspecified atom stereocenters. The van der Waals surface area contributed by atoms with E-state index in [1.165, 1.54) is 0 Å². The summed E-state index contributed by atoms with van der Waals surface area (Å²) in [5, 5.41) is 7.59. The van der Waals surface area contributed by atoms with E-state index in [1.807, 2.05) is 6.92 Å². The molecule has 0 N–H and O–H groups in total. The summed E-state index contributed by atoms with van der Waals surface area (Å²) in [6.07, 6.45) is 2.27. The molecule has 7 heteroatoms. The normalized spacial score (nSPS) is 22.1. The van der Waals surface area contributed by atoms with Crippen molar-refractivity contribution >= 4 is 17.1 Å². The van der Waals surface area contributed by atoms with Crippen molar-refractivity contribution in [3.05, 3.63) is 18.3 Å². The summed E-state index contributed by atoms with van der Waals surface area (Å²) >= 11 is 0. The number of carbonyl (C=O) groups excluding carboxylic acids is 1. The van der Waals surface area contributed by atoms with Gasteiger partial charge in [-0.15, -0.1) is 5.10 Å². The molecule has 1 aliphatic carbocycles. The van der Waals surface area contributed by atoms with Gasteiger partial charge >= 0.3 is 5.97 Å². The van der Waals surface area contributed by atoms with E-state index in [2.05, 4.69) is 15.3 Å². The van der Waals surface area contributed by atoms with Crippen LogP contribution in [0.5, 0.6) is 0 Å². The minimum Gasteiger partial charge on any atom is -0.378 e. The zero-order valence-corrected chi connectivity index (χ0v) is 9.81. The van der Waals surface area contributed by atoms with Crippen molar-refractivity contribution in [1.29, 1.82) is 0 Å². The average Bonchev–Trinajstić information content (AvgIpc) is 3.04. The van der Waals surface area contributed by atoms with Crippen molar-refractivity contribution in [2.45, 2.75) is 19.4 Å². The molecule has 2 atom stereocenters. The van der Waals surface area contributed by atoms with Crippen LogP contribution in [0.25, 0.3) is 11.2 Å². The van der Waals surface area contributed by atoms with E-state index in [9.17, 15) is 4.79 Å². The summed E-state index contributed by atoms with van der Waals surface area (Å²) in [4.78, 5) is 22.0. The molecular weight excluding hydrogens is 236 g/mol. The van der Waals surface area contributed by atoms with E-state index < -0.39 is 0 Å². The Hall–Kier alpha value is -2.02. The van der Waals surface area contributed by atoms with Crippen molar-refractivity contribution in [2.75, 3.05) is 6.61 Å². The highest BCUT2D eigenvalue weighted by Crippen LogP contribution is 2.34. The lowest BCUT2D eigenvalue weighted by Gasteiger charge is -2.02.